The molecule has 0 bridgehead atoms. The van der Waals surface area contributed by atoms with E-state index in [1.54, 1.807) is 0 Å². The van der Waals surface area contributed by atoms with Gasteiger partial charge in [-0.05, 0) is 37.2 Å². The Kier molecular flexibility index (Phi) is 5.06. The molecule has 0 amide bonds. The molecule has 1 aromatic rings. The molecule has 1 saturated carbocycles. The van der Waals surface area contributed by atoms with Gasteiger partial charge in [0.25, 0.3) is 0 Å². The summed E-state index contributed by atoms with van der Waals surface area (Å²) in [5.41, 5.74) is 7.62. The van der Waals surface area contributed by atoms with E-state index in [0.717, 1.165) is 18.8 Å². The summed E-state index contributed by atoms with van der Waals surface area (Å²) in [6.07, 6.45) is 10.6. The van der Waals surface area contributed by atoms with Gasteiger partial charge in [-0.2, -0.15) is 0 Å². The quantitative estimate of drug-likeness (QED) is 0.789. The van der Waals surface area contributed by atoms with Gasteiger partial charge in [-0.3, -0.25) is 0 Å². The van der Waals surface area contributed by atoms with Crippen molar-refractivity contribution in [2.45, 2.75) is 57.4 Å². The van der Waals surface area contributed by atoms with E-state index in [9.17, 15) is 0 Å². The third kappa shape index (κ3) is 4.51. The molecule has 94 valence electrons. The molecule has 0 heterocycles. The van der Waals surface area contributed by atoms with E-state index in [1.165, 1.54) is 44.1 Å². The molecule has 2 N–H and O–H groups in total. The van der Waals surface area contributed by atoms with E-state index < -0.39 is 0 Å². The van der Waals surface area contributed by atoms with Crippen molar-refractivity contribution < 1.29 is 0 Å². The molecule has 1 aliphatic carbocycles. The van der Waals surface area contributed by atoms with Gasteiger partial charge >= 0.3 is 0 Å². The summed E-state index contributed by atoms with van der Waals surface area (Å²) in [6, 6.07) is 11.1. The van der Waals surface area contributed by atoms with Crippen molar-refractivity contribution in [3.05, 3.63) is 35.9 Å². The maximum atomic E-state index is 6.20. The summed E-state index contributed by atoms with van der Waals surface area (Å²) in [4.78, 5) is 0. The van der Waals surface area contributed by atoms with Crippen molar-refractivity contribution in [3.63, 3.8) is 0 Å². The van der Waals surface area contributed by atoms with Crippen LogP contribution in [-0.2, 0) is 6.42 Å². The molecule has 0 radical (unpaired) electrons. The standard InChI is InChI=1S/C16H25N/c17-16(13-11-15-8-4-5-9-15)12-10-14-6-2-1-3-7-14/h1-3,6-7,15-16H,4-5,8-13,17H2. The highest BCUT2D eigenvalue weighted by atomic mass is 14.6. The Morgan fingerprint density at radius 3 is 2.47 bits per heavy atom. The smallest absolute Gasteiger partial charge is 0.00420 e. The minimum atomic E-state index is 0.399. The van der Waals surface area contributed by atoms with Crippen molar-refractivity contribution in [2.24, 2.45) is 11.7 Å². The third-order valence-electron chi connectivity index (χ3n) is 4.07. The lowest BCUT2D eigenvalue weighted by Crippen LogP contribution is -2.21. The van der Waals surface area contributed by atoms with Crippen LogP contribution >= 0.6 is 0 Å². The molecule has 1 heteroatoms. The van der Waals surface area contributed by atoms with Crippen LogP contribution in [0.3, 0.4) is 0 Å². The molecule has 1 aromatic carbocycles. The number of nitrogens with two attached hydrogens (primary N) is 1. The van der Waals surface area contributed by atoms with Gasteiger partial charge in [-0.15, -0.1) is 0 Å². The van der Waals surface area contributed by atoms with Crippen molar-refractivity contribution in [2.75, 3.05) is 0 Å². The summed E-state index contributed by atoms with van der Waals surface area (Å²) in [6.45, 7) is 0. The molecule has 17 heavy (non-hydrogen) atoms. The van der Waals surface area contributed by atoms with Crippen LogP contribution in [0.1, 0.15) is 50.5 Å². The molecule has 1 fully saturated rings. The van der Waals surface area contributed by atoms with Crippen LogP contribution in [0.5, 0.6) is 0 Å². The van der Waals surface area contributed by atoms with Gasteiger partial charge in [0.1, 0.15) is 0 Å². The lowest BCUT2D eigenvalue weighted by molar-refractivity contribution is 0.437. The minimum absolute atomic E-state index is 0.399. The average molecular weight is 231 g/mol. The highest BCUT2D eigenvalue weighted by molar-refractivity contribution is 5.14. The summed E-state index contributed by atoms with van der Waals surface area (Å²) < 4.78 is 0. The highest BCUT2D eigenvalue weighted by Gasteiger charge is 2.15. The predicted molar refractivity (Wildman–Crippen MR) is 73.9 cm³/mol. The zero-order chi connectivity index (χ0) is 11.9. The van der Waals surface area contributed by atoms with Crippen LogP contribution < -0.4 is 5.73 Å². The molecule has 2 rings (SSSR count). The van der Waals surface area contributed by atoms with Gasteiger partial charge in [0.15, 0.2) is 0 Å². The highest BCUT2D eigenvalue weighted by Crippen LogP contribution is 2.29. The van der Waals surface area contributed by atoms with Gasteiger partial charge in [0, 0.05) is 6.04 Å². The SMILES string of the molecule is NC(CCc1ccccc1)CCC1CCCC1. The van der Waals surface area contributed by atoms with Crippen molar-refractivity contribution >= 4 is 0 Å². The lowest BCUT2D eigenvalue weighted by Gasteiger charge is -2.14. The average Bonchev–Trinajstić information content (AvgIpc) is 2.88. The fourth-order valence-corrected chi connectivity index (χ4v) is 2.89. The third-order valence-corrected chi connectivity index (χ3v) is 4.07. The Labute approximate surface area is 105 Å². The topological polar surface area (TPSA) is 26.0 Å². The first-order valence-corrected chi connectivity index (χ1v) is 7.14. The van der Waals surface area contributed by atoms with Crippen LogP contribution in [0.4, 0.5) is 0 Å². The molecule has 0 aliphatic heterocycles. The minimum Gasteiger partial charge on any atom is -0.328 e. The lowest BCUT2D eigenvalue weighted by atomic mass is 9.96. The second kappa shape index (κ2) is 6.80. The number of hydrogen-bond acceptors (Lipinski definition) is 1. The molecule has 1 unspecified atom stereocenters. The molecule has 0 saturated heterocycles. The van der Waals surface area contributed by atoms with E-state index >= 15 is 0 Å². The molecule has 1 aliphatic rings. The largest absolute Gasteiger partial charge is 0.328 e. The van der Waals surface area contributed by atoms with Gasteiger partial charge in [0.2, 0.25) is 0 Å². The number of aryl methyl sites for hydroxylation is 1. The monoisotopic (exact) mass is 231 g/mol. The molecule has 1 nitrogen and oxygen atoms in total. The maximum absolute atomic E-state index is 6.20. The summed E-state index contributed by atoms with van der Waals surface area (Å²) in [5.74, 6) is 0.984. The van der Waals surface area contributed by atoms with Gasteiger partial charge in [-0.25, -0.2) is 0 Å². The Bertz CT molecular complexity index is 301. The van der Waals surface area contributed by atoms with Crippen LogP contribution in [0.25, 0.3) is 0 Å². The van der Waals surface area contributed by atoms with Gasteiger partial charge in [0.05, 0.1) is 0 Å². The Hall–Kier alpha value is -0.820. The Morgan fingerprint density at radius 1 is 1.06 bits per heavy atom. The van der Waals surface area contributed by atoms with E-state index in [1.807, 2.05) is 0 Å². The fraction of sp³-hybridized carbons (Fsp3) is 0.625. The maximum Gasteiger partial charge on any atom is 0.00420 e. The zero-order valence-corrected chi connectivity index (χ0v) is 10.8. The second-order valence-corrected chi connectivity index (χ2v) is 5.51. The fourth-order valence-electron chi connectivity index (χ4n) is 2.89. The van der Waals surface area contributed by atoms with E-state index in [-0.39, 0.29) is 0 Å². The normalized spacial score (nSPS) is 18.4. The second-order valence-electron chi connectivity index (χ2n) is 5.51. The van der Waals surface area contributed by atoms with Crippen molar-refractivity contribution in [1.29, 1.82) is 0 Å². The van der Waals surface area contributed by atoms with E-state index in [4.69, 9.17) is 5.73 Å². The van der Waals surface area contributed by atoms with Crippen LogP contribution in [0.15, 0.2) is 30.3 Å². The molecule has 1 atom stereocenters. The first-order chi connectivity index (χ1) is 8.34. The number of benzene rings is 1. The summed E-state index contributed by atoms with van der Waals surface area (Å²) in [7, 11) is 0. The first-order valence-electron chi connectivity index (χ1n) is 7.14. The molecular weight excluding hydrogens is 206 g/mol. The molecule has 0 spiro atoms. The van der Waals surface area contributed by atoms with Crippen molar-refractivity contribution in [3.8, 4) is 0 Å². The van der Waals surface area contributed by atoms with Gasteiger partial charge in [-0.1, -0.05) is 56.0 Å². The summed E-state index contributed by atoms with van der Waals surface area (Å²) >= 11 is 0. The summed E-state index contributed by atoms with van der Waals surface area (Å²) in [5, 5.41) is 0. The number of rotatable bonds is 6. The van der Waals surface area contributed by atoms with E-state index in [0.29, 0.717) is 6.04 Å². The van der Waals surface area contributed by atoms with Crippen LogP contribution in [0.2, 0.25) is 0 Å². The Morgan fingerprint density at radius 2 is 1.76 bits per heavy atom. The van der Waals surface area contributed by atoms with Crippen molar-refractivity contribution in [1.82, 2.24) is 0 Å². The number of hydrogen-bond donors (Lipinski definition) is 1. The molecule has 0 aromatic heterocycles. The predicted octanol–water partition coefficient (Wildman–Crippen LogP) is 3.92. The van der Waals surface area contributed by atoms with Gasteiger partial charge < -0.3 is 5.73 Å². The molecular formula is C16H25N. The van der Waals surface area contributed by atoms with E-state index in [2.05, 4.69) is 30.3 Å². The zero-order valence-electron chi connectivity index (χ0n) is 10.8. The first kappa shape index (κ1) is 12.6. The Balaban J connectivity index is 1.62. The van der Waals surface area contributed by atoms with Crippen LogP contribution in [0, 0.1) is 5.92 Å². The van der Waals surface area contributed by atoms with Crippen LogP contribution in [-0.4, -0.2) is 6.04 Å².